The number of carbonyl (C=O) groups excluding carboxylic acids is 2. The quantitative estimate of drug-likeness (QED) is 0.649. The third-order valence-corrected chi connectivity index (χ3v) is 3.66. The van der Waals surface area contributed by atoms with Crippen LogP contribution < -0.4 is 26.8 Å². The number of nitrogens with zero attached hydrogens (tertiary/aromatic N) is 2. The van der Waals surface area contributed by atoms with Crippen LogP contribution in [0.1, 0.15) is 17.9 Å². The van der Waals surface area contributed by atoms with Gasteiger partial charge in [0.1, 0.15) is 17.4 Å². The van der Waals surface area contributed by atoms with Gasteiger partial charge in [0.25, 0.3) is 0 Å². The van der Waals surface area contributed by atoms with E-state index >= 15 is 0 Å². The van der Waals surface area contributed by atoms with Crippen LogP contribution in [0.5, 0.6) is 5.75 Å². The Morgan fingerprint density at radius 1 is 1.29 bits per heavy atom. The molecule has 0 fully saturated rings. The number of nitrogens with two attached hydrogens (primary N) is 2. The Morgan fingerprint density at radius 2 is 2.00 bits per heavy atom. The molecule has 0 unspecified atom stereocenters. The van der Waals surface area contributed by atoms with E-state index in [2.05, 4.69) is 20.6 Å². The Hall–Kier alpha value is -3.36. The number of nitrogens with one attached hydrogen (secondary N) is 2. The maximum absolute atomic E-state index is 12.6. The number of anilines is 4. The standard InChI is InChI=1S/C15H16N6O3/c1-24-8-4-2-7(3-5-8)18-14(23)9-6-10(22)19-13-11(9)12(16)20-15(17)21-13/h2-5,9H,6H2,1H3,(H,18,23)(H5,16,17,19,20,21,22)/t9-/m0/s1. The number of methoxy groups -OCH3 is 1. The van der Waals surface area contributed by atoms with Crippen LogP contribution in [0.2, 0.25) is 0 Å². The van der Waals surface area contributed by atoms with Gasteiger partial charge < -0.3 is 26.8 Å². The van der Waals surface area contributed by atoms with Gasteiger partial charge in [-0.3, -0.25) is 9.59 Å². The van der Waals surface area contributed by atoms with Gasteiger partial charge in [-0.2, -0.15) is 9.97 Å². The lowest BCUT2D eigenvalue weighted by Crippen LogP contribution is -2.32. The highest BCUT2D eigenvalue weighted by molar-refractivity contribution is 6.05. The molecule has 24 heavy (non-hydrogen) atoms. The molecular formula is C15H16N6O3. The number of hydrogen-bond donors (Lipinski definition) is 4. The van der Waals surface area contributed by atoms with Crippen molar-refractivity contribution in [2.45, 2.75) is 12.3 Å². The maximum Gasteiger partial charge on any atom is 0.232 e. The molecule has 9 nitrogen and oxygen atoms in total. The predicted octanol–water partition coefficient (Wildman–Crippen LogP) is 0.714. The van der Waals surface area contributed by atoms with Crippen LogP contribution in [0.25, 0.3) is 0 Å². The van der Waals surface area contributed by atoms with E-state index in [1.807, 2.05) is 0 Å². The second kappa shape index (κ2) is 6.03. The van der Waals surface area contributed by atoms with Crippen LogP contribution in [-0.2, 0) is 9.59 Å². The molecule has 0 radical (unpaired) electrons. The molecule has 2 heterocycles. The topological polar surface area (TPSA) is 145 Å². The Kier molecular flexibility index (Phi) is 3.90. The summed E-state index contributed by atoms with van der Waals surface area (Å²) in [7, 11) is 1.56. The SMILES string of the molecule is COc1ccc(NC(=O)[C@H]2CC(=O)Nc3nc(N)nc(N)c32)cc1. The molecule has 2 amide bonds. The summed E-state index contributed by atoms with van der Waals surface area (Å²) in [5.74, 6) is -0.660. The molecule has 0 aliphatic carbocycles. The number of nitrogen functional groups attached to an aromatic ring is 2. The summed E-state index contributed by atoms with van der Waals surface area (Å²) in [5.41, 5.74) is 12.3. The van der Waals surface area contributed by atoms with E-state index in [1.54, 1.807) is 31.4 Å². The van der Waals surface area contributed by atoms with E-state index in [1.165, 1.54) is 0 Å². The molecule has 3 rings (SSSR count). The molecule has 9 heteroatoms. The summed E-state index contributed by atoms with van der Waals surface area (Å²) < 4.78 is 5.07. The van der Waals surface area contributed by atoms with Crippen LogP contribution in [-0.4, -0.2) is 28.9 Å². The van der Waals surface area contributed by atoms with Gasteiger partial charge in [0.15, 0.2) is 0 Å². The minimum absolute atomic E-state index is 0.0491. The van der Waals surface area contributed by atoms with Gasteiger partial charge in [0, 0.05) is 12.1 Å². The van der Waals surface area contributed by atoms with Gasteiger partial charge in [-0.05, 0) is 24.3 Å². The Morgan fingerprint density at radius 3 is 2.67 bits per heavy atom. The Balaban J connectivity index is 1.88. The molecule has 0 saturated heterocycles. The zero-order chi connectivity index (χ0) is 17.3. The van der Waals surface area contributed by atoms with Crippen molar-refractivity contribution in [2.75, 3.05) is 29.2 Å². The van der Waals surface area contributed by atoms with Crippen LogP contribution >= 0.6 is 0 Å². The average molecular weight is 328 g/mol. The molecule has 0 spiro atoms. The third-order valence-electron chi connectivity index (χ3n) is 3.66. The van der Waals surface area contributed by atoms with E-state index < -0.39 is 5.92 Å². The van der Waals surface area contributed by atoms with E-state index in [-0.39, 0.29) is 35.8 Å². The summed E-state index contributed by atoms with van der Waals surface area (Å²) in [4.78, 5) is 32.3. The first kappa shape index (κ1) is 15.5. The first-order chi connectivity index (χ1) is 11.5. The number of ether oxygens (including phenoxy) is 1. The number of rotatable bonds is 3. The van der Waals surface area contributed by atoms with E-state index in [0.717, 1.165) is 0 Å². The van der Waals surface area contributed by atoms with Crippen LogP contribution in [0, 0.1) is 0 Å². The van der Waals surface area contributed by atoms with E-state index in [9.17, 15) is 9.59 Å². The number of fused-ring (bicyclic) bond motifs is 1. The monoisotopic (exact) mass is 328 g/mol. The van der Waals surface area contributed by atoms with Crippen molar-refractivity contribution >= 4 is 35.1 Å². The van der Waals surface area contributed by atoms with Gasteiger partial charge in [0.2, 0.25) is 17.8 Å². The normalized spacial score (nSPS) is 16.0. The van der Waals surface area contributed by atoms with Crippen molar-refractivity contribution in [3.05, 3.63) is 29.8 Å². The lowest BCUT2D eigenvalue weighted by Gasteiger charge is -2.25. The second-order valence-corrected chi connectivity index (χ2v) is 5.25. The van der Waals surface area contributed by atoms with Gasteiger partial charge in [-0.15, -0.1) is 0 Å². The first-order valence-electron chi connectivity index (χ1n) is 7.15. The molecule has 1 aromatic carbocycles. The molecule has 0 bridgehead atoms. The average Bonchev–Trinajstić information content (AvgIpc) is 2.54. The highest BCUT2D eigenvalue weighted by Gasteiger charge is 2.34. The number of benzene rings is 1. The minimum atomic E-state index is -0.795. The fraction of sp³-hybridized carbons (Fsp3) is 0.200. The Labute approximate surface area is 137 Å². The molecule has 1 aliphatic heterocycles. The predicted molar refractivity (Wildman–Crippen MR) is 88.5 cm³/mol. The second-order valence-electron chi connectivity index (χ2n) is 5.25. The first-order valence-corrected chi connectivity index (χ1v) is 7.15. The van der Waals surface area contributed by atoms with E-state index in [0.29, 0.717) is 17.0 Å². The van der Waals surface area contributed by atoms with Gasteiger partial charge in [-0.25, -0.2) is 0 Å². The van der Waals surface area contributed by atoms with Crippen molar-refractivity contribution in [3.8, 4) is 5.75 Å². The number of carbonyl (C=O) groups is 2. The van der Waals surface area contributed by atoms with Crippen molar-refractivity contribution in [2.24, 2.45) is 0 Å². The number of aromatic nitrogens is 2. The lowest BCUT2D eigenvalue weighted by molar-refractivity contribution is -0.123. The molecule has 2 aromatic rings. The Bertz CT molecular complexity index is 806. The highest BCUT2D eigenvalue weighted by Crippen LogP contribution is 2.35. The molecule has 6 N–H and O–H groups in total. The smallest absolute Gasteiger partial charge is 0.232 e. The summed E-state index contributed by atoms with van der Waals surface area (Å²) in [6.45, 7) is 0. The van der Waals surface area contributed by atoms with Crippen LogP contribution in [0.4, 0.5) is 23.3 Å². The molecule has 1 aliphatic rings. The molecular weight excluding hydrogens is 312 g/mol. The lowest BCUT2D eigenvalue weighted by atomic mass is 9.92. The largest absolute Gasteiger partial charge is 0.497 e. The van der Waals surface area contributed by atoms with Crippen LogP contribution in [0.15, 0.2) is 24.3 Å². The van der Waals surface area contributed by atoms with Gasteiger partial charge in [-0.1, -0.05) is 0 Å². The number of amides is 2. The summed E-state index contributed by atoms with van der Waals surface area (Å²) in [6.07, 6.45) is -0.0491. The molecule has 124 valence electrons. The third kappa shape index (κ3) is 2.91. The highest BCUT2D eigenvalue weighted by atomic mass is 16.5. The fourth-order valence-electron chi connectivity index (χ4n) is 2.54. The zero-order valence-electron chi connectivity index (χ0n) is 12.9. The minimum Gasteiger partial charge on any atom is -0.497 e. The molecule has 1 aromatic heterocycles. The van der Waals surface area contributed by atoms with Crippen molar-refractivity contribution in [3.63, 3.8) is 0 Å². The number of hydrogen-bond acceptors (Lipinski definition) is 7. The van der Waals surface area contributed by atoms with Crippen LogP contribution in [0.3, 0.4) is 0 Å². The van der Waals surface area contributed by atoms with Crippen molar-refractivity contribution < 1.29 is 14.3 Å². The van der Waals surface area contributed by atoms with Crippen molar-refractivity contribution in [1.82, 2.24) is 9.97 Å². The van der Waals surface area contributed by atoms with Gasteiger partial charge >= 0.3 is 0 Å². The maximum atomic E-state index is 12.6. The zero-order valence-corrected chi connectivity index (χ0v) is 12.9. The molecule has 1 atom stereocenters. The summed E-state index contributed by atoms with van der Waals surface area (Å²) >= 11 is 0. The van der Waals surface area contributed by atoms with E-state index in [4.69, 9.17) is 16.2 Å². The molecule has 0 saturated carbocycles. The fourth-order valence-corrected chi connectivity index (χ4v) is 2.54. The summed E-state index contributed by atoms with van der Waals surface area (Å²) in [5, 5.41) is 5.31. The van der Waals surface area contributed by atoms with Crippen molar-refractivity contribution in [1.29, 1.82) is 0 Å². The van der Waals surface area contributed by atoms with Gasteiger partial charge in [0.05, 0.1) is 18.6 Å². The summed E-state index contributed by atoms with van der Waals surface area (Å²) in [6, 6.07) is 6.83.